The molecule has 0 bridgehead atoms. The summed E-state index contributed by atoms with van der Waals surface area (Å²) in [6.45, 7) is 0.686. The van der Waals surface area contributed by atoms with Crippen LogP contribution in [0.15, 0.2) is 24.3 Å². The van der Waals surface area contributed by atoms with Crippen LogP contribution in [0.4, 0.5) is 0 Å². The van der Waals surface area contributed by atoms with Gasteiger partial charge in [0.25, 0.3) is 0 Å². The zero-order valence-corrected chi connectivity index (χ0v) is 6.21. The highest BCUT2D eigenvalue weighted by Gasteiger charge is 2.16. The third-order valence-electron chi connectivity index (χ3n) is 1.96. The maximum atomic E-state index is 7.67. The van der Waals surface area contributed by atoms with Crippen LogP contribution in [0.2, 0.25) is 0 Å². The van der Waals surface area contributed by atoms with E-state index in [4.69, 9.17) is 10.5 Å². The van der Waals surface area contributed by atoms with Crippen molar-refractivity contribution in [1.82, 2.24) is 5.73 Å². The van der Waals surface area contributed by atoms with Gasteiger partial charge in [0, 0.05) is 12.0 Å². The zero-order chi connectivity index (χ0) is 7.68. The largest absolute Gasteiger partial charge is 0.493 e. The van der Waals surface area contributed by atoms with Gasteiger partial charge in [0.1, 0.15) is 5.75 Å². The summed E-state index contributed by atoms with van der Waals surface area (Å²) in [5.74, 6) is 0.888. The monoisotopic (exact) mass is 148 g/mol. The molecule has 1 aliphatic heterocycles. The van der Waals surface area contributed by atoms with Crippen LogP contribution >= 0.6 is 0 Å². The Balaban J connectivity index is 2.44. The van der Waals surface area contributed by atoms with Gasteiger partial charge in [-0.2, -0.15) is 0 Å². The van der Waals surface area contributed by atoms with Crippen molar-refractivity contribution in [2.45, 2.75) is 12.5 Å². The molecule has 0 spiro atoms. The highest BCUT2D eigenvalue weighted by molar-refractivity contribution is 5.36. The lowest BCUT2D eigenvalue weighted by molar-refractivity contribution is 0.267. The number of ether oxygens (including phenoxy) is 1. The quantitative estimate of drug-likeness (QED) is 0.552. The summed E-state index contributed by atoms with van der Waals surface area (Å²) in [6, 6.07) is 7.70. The highest BCUT2D eigenvalue weighted by atomic mass is 16.5. The molecule has 1 heterocycles. The lowest BCUT2D eigenvalue weighted by Crippen LogP contribution is -2.14. The molecule has 0 aromatic heterocycles. The molecule has 57 valence electrons. The first kappa shape index (κ1) is 6.68. The number of rotatable bonds is 0. The van der Waals surface area contributed by atoms with E-state index in [2.05, 4.69) is 0 Å². The third-order valence-corrected chi connectivity index (χ3v) is 1.96. The summed E-state index contributed by atoms with van der Waals surface area (Å²) < 4.78 is 5.37. The maximum Gasteiger partial charge on any atom is 0.124 e. The van der Waals surface area contributed by atoms with Gasteiger partial charge in [-0.05, 0) is 6.07 Å². The Labute approximate surface area is 66.0 Å². The standard InChI is InChI=1S/C9H10NO/c10-8-5-6-11-9-4-2-1-3-7(8)9/h1-4,8,10H,5-6H2/t8-/m0/s1. The van der Waals surface area contributed by atoms with E-state index in [1.807, 2.05) is 24.3 Å². The second kappa shape index (κ2) is 2.55. The van der Waals surface area contributed by atoms with Crippen molar-refractivity contribution in [3.63, 3.8) is 0 Å². The van der Waals surface area contributed by atoms with Crippen LogP contribution in [0, 0.1) is 0 Å². The predicted octanol–water partition coefficient (Wildman–Crippen LogP) is 1.79. The molecule has 1 aromatic rings. The first-order chi connectivity index (χ1) is 5.38. The Morgan fingerprint density at radius 3 is 3.00 bits per heavy atom. The predicted molar refractivity (Wildman–Crippen MR) is 42.4 cm³/mol. The summed E-state index contributed by atoms with van der Waals surface area (Å²) in [5.41, 5.74) is 8.70. The number of hydrogen-bond donors (Lipinski definition) is 0. The summed E-state index contributed by atoms with van der Waals surface area (Å²) in [4.78, 5) is 0. The van der Waals surface area contributed by atoms with Crippen molar-refractivity contribution >= 4 is 0 Å². The molecule has 0 saturated heterocycles. The smallest absolute Gasteiger partial charge is 0.124 e. The molecule has 1 atom stereocenters. The van der Waals surface area contributed by atoms with Crippen molar-refractivity contribution < 1.29 is 4.74 Å². The van der Waals surface area contributed by atoms with Crippen LogP contribution in [0.5, 0.6) is 5.75 Å². The van der Waals surface area contributed by atoms with Crippen molar-refractivity contribution in [2.75, 3.05) is 6.61 Å². The molecular weight excluding hydrogens is 138 g/mol. The fourth-order valence-corrected chi connectivity index (χ4v) is 1.34. The van der Waals surface area contributed by atoms with Crippen molar-refractivity contribution in [1.29, 1.82) is 0 Å². The molecule has 2 heteroatoms. The fraction of sp³-hybridized carbons (Fsp3) is 0.333. The van der Waals surface area contributed by atoms with Gasteiger partial charge in [0.15, 0.2) is 0 Å². The second-order valence-corrected chi connectivity index (χ2v) is 2.73. The minimum atomic E-state index is -0.0834. The van der Waals surface area contributed by atoms with E-state index >= 15 is 0 Å². The molecule has 1 aromatic carbocycles. The second-order valence-electron chi connectivity index (χ2n) is 2.73. The molecule has 0 saturated carbocycles. The molecule has 0 unspecified atom stereocenters. The van der Waals surface area contributed by atoms with Gasteiger partial charge in [0.05, 0.1) is 12.6 Å². The van der Waals surface area contributed by atoms with Crippen molar-refractivity contribution in [3.8, 4) is 5.75 Å². The summed E-state index contributed by atoms with van der Waals surface area (Å²) >= 11 is 0. The minimum absolute atomic E-state index is 0.0834. The minimum Gasteiger partial charge on any atom is -0.493 e. The average Bonchev–Trinajstić information content (AvgIpc) is 2.06. The van der Waals surface area contributed by atoms with E-state index in [1.165, 1.54) is 0 Å². The SMILES string of the molecule is [NH][C@H]1CCOc2ccccc21. The number of para-hydroxylation sites is 1. The van der Waals surface area contributed by atoms with E-state index in [0.29, 0.717) is 6.61 Å². The van der Waals surface area contributed by atoms with E-state index in [0.717, 1.165) is 17.7 Å². The highest BCUT2D eigenvalue weighted by Crippen LogP contribution is 2.30. The van der Waals surface area contributed by atoms with Crippen molar-refractivity contribution in [3.05, 3.63) is 29.8 Å². The summed E-state index contributed by atoms with van der Waals surface area (Å²) in [5, 5.41) is 0. The molecule has 2 rings (SSSR count). The van der Waals surface area contributed by atoms with Crippen LogP contribution in [0.3, 0.4) is 0 Å². The van der Waals surface area contributed by atoms with Gasteiger partial charge < -0.3 is 4.74 Å². The van der Waals surface area contributed by atoms with Gasteiger partial charge in [-0.25, -0.2) is 5.73 Å². The number of fused-ring (bicyclic) bond motifs is 1. The van der Waals surface area contributed by atoms with Crippen LogP contribution in [-0.4, -0.2) is 6.61 Å². The molecule has 1 aliphatic rings. The number of hydrogen-bond acceptors (Lipinski definition) is 1. The van der Waals surface area contributed by atoms with Gasteiger partial charge >= 0.3 is 0 Å². The first-order valence-corrected chi connectivity index (χ1v) is 3.81. The van der Waals surface area contributed by atoms with E-state index in [1.54, 1.807) is 0 Å². The molecule has 0 aliphatic carbocycles. The molecule has 0 fully saturated rings. The Hall–Kier alpha value is -1.02. The van der Waals surface area contributed by atoms with E-state index in [-0.39, 0.29) is 6.04 Å². The maximum absolute atomic E-state index is 7.67. The van der Waals surface area contributed by atoms with Gasteiger partial charge in [-0.1, -0.05) is 18.2 Å². The average molecular weight is 148 g/mol. The molecule has 1 N–H and O–H groups in total. The topological polar surface area (TPSA) is 33.0 Å². The Morgan fingerprint density at radius 2 is 2.18 bits per heavy atom. The number of nitrogens with one attached hydrogen (secondary N) is 1. The molecule has 1 radical (unpaired) electrons. The molecule has 2 nitrogen and oxygen atoms in total. The van der Waals surface area contributed by atoms with Gasteiger partial charge in [0.2, 0.25) is 0 Å². The van der Waals surface area contributed by atoms with E-state index < -0.39 is 0 Å². The van der Waals surface area contributed by atoms with Crippen LogP contribution in [-0.2, 0) is 0 Å². The first-order valence-electron chi connectivity index (χ1n) is 3.81. The van der Waals surface area contributed by atoms with Gasteiger partial charge in [-0.3, -0.25) is 0 Å². The molecular formula is C9H10NO. The van der Waals surface area contributed by atoms with Crippen LogP contribution in [0.1, 0.15) is 18.0 Å². The molecule has 0 amide bonds. The Kier molecular flexibility index (Phi) is 1.55. The number of benzene rings is 1. The summed E-state index contributed by atoms with van der Waals surface area (Å²) in [6.07, 6.45) is 0.816. The van der Waals surface area contributed by atoms with Crippen LogP contribution < -0.4 is 10.5 Å². The van der Waals surface area contributed by atoms with Crippen LogP contribution in [0.25, 0.3) is 0 Å². The summed E-state index contributed by atoms with van der Waals surface area (Å²) in [7, 11) is 0. The third kappa shape index (κ3) is 1.10. The van der Waals surface area contributed by atoms with Gasteiger partial charge in [-0.15, -0.1) is 0 Å². The lowest BCUT2D eigenvalue weighted by Gasteiger charge is -2.21. The molecule has 11 heavy (non-hydrogen) atoms. The van der Waals surface area contributed by atoms with E-state index in [9.17, 15) is 0 Å². The van der Waals surface area contributed by atoms with Crippen molar-refractivity contribution in [2.24, 2.45) is 0 Å². The normalized spacial score (nSPS) is 22.1. The lowest BCUT2D eigenvalue weighted by atomic mass is 10.0. The Bertz CT molecular complexity index is 259. The zero-order valence-electron chi connectivity index (χ0n) is 6.21. The fourth-order valence-electron chi connectivity index (χ4n) is 1.34. The Morgan fingerprint density at radius 1 is 1.36 bits per heavy atom.